The molecule has 2 rings (SSSR count). The van der Waals surface area contributed by atoms with Gasteiger partial charge in [0.05, 0.1) is 12.6 Å². The highest BCUT2D eigenvalue weighted by atomic mass is 16.5. The minimum atomic E-state index is 0.280. The molecule has 106 valence electrons. The number of hydrogen-bond donors (Lipinski definition) is 1. The molecule has 1 fully saturated rings. The molecule has 2 nitrogen and oxygen atoms in total. The molecule has 0 saturated carbocycles. The lowest BCUT2D eigenvalue weighted by Crippen LogP contribution is -2.54. The van der Waals surface area contributed by atoms with Gasteiger partial charge in [-0.25, -0.2) is 0 Å². The fraction of sp³-hybridized carbons (Fsp3) is 0.647. The summed E-state index contributed by atoms with van der Waals surface area (Å²) in [6, 6.07) is 9.10. The van der Waals surface area contributed by atoms with E-state index in [1.54, 1.807) is 0 Å². The summed E-state index contributed by atoms with van der Waals surface area (Å²) in [6.45, 7) is 8.56. The molecule has 0 aromatic heterocycles. The summed E-state index contributed by atoms with van der Waals surface area (Å²) in [5.41, 5.74) is 7.19. The Morgan fingerprint density at radius 1 is 1.32 bits per heavy atom. The predicted octanol–water partition coefficient (Wildman–Crippen LogP) is 2.70. The summed E-state index contributed by atoms with van der Waals surface area (Å²) in [7, 11) is 0. The number of rotatable bonds is 4. The van der Waals surface area contributed by atoms with Crippen LogP contribution in [0.25, 0.3) is 0 Å². The third-order valence-corrected chi connectivity index (χ3v) is 4.57. The van der Waals surface area contributed by atoms with E-state index in [1.165, 1.54) is 17.5 Å². The molecule has 1 saturated heterocycles. The lowest BCUT2D eigenvalue weighted by Gasteiger charge is -2.42. The minimum Gasteiger partial charge on any atom is -0.378 e. The second kappa shape index (κ2) is 6.06. The first-order valence-electron chi connectivity index (χ1n) is 7.55. The summed E-state index contributed by atoms with van der Waals surface area (Å²) < 4.78 is 5.97. The molecule has 0 spiro atoms. The van der Waals surface area contributed by atoms with Gasteiger partial charge in [0.15, 0.2) is 0 Å². The number of hydrogen-bond acceptors (Lipinski definition) is 1. The Hall–Kier alpha value is -0.860. The topological polar surface area (TPSA) is 36.9 Å². The Morgan fingerprint density at radius 2 is 2.00 bits per heavy atom. The second-order valence-corrected chi connectivity index (χ2v) is 6.36. The van der Waals surface area contributed by atoms with E-state index in [1.807, 2.05) is 0 Å². The van der Waals surface area contributed by atoms with Gasteiger partial charge in [0, 0.05) is 18.4 Å². The van der Waals surface area contributed by atoms with Gasteiger partial charge in [-0.1, -0.05) is 43.7 Å². The Labute approximate surface area is 117 Å². The van der Waals surface area contributed by atoms with Crippen LogP contribution in [0.1, 0.15) is 44.2 Å². The van der Waals surface area contributed by atoms with Crippen LogP contribution < -0.4 is 5.73 Å². The quantitative estimate of drug-likeness (QED) is 0.890. The highest BCUT2D eigenvalue weighted by Crippen LogP contribution is 2.41. The zero-order chi connectivity index (χ0) is 13.9. The van der Waals surface area contributed by atoms with E-state index in [0.29, 0.717) is 12.0 Å². The summed E-state index contributed by atoms with van der Waals surface area (Å²) in [4.78, 5) is 0. The summed E-state index contributed by atoms with van der Waals surface area (Å²) >= 11 is 0. The van der Waals surface area contributed by atoms with Crippen LogP contribution in [0.15, 0.2) is 24.3 Å². The monoisotopic (exact) mass is 262 g/mol. The average Bonchev–Trinajstić information content (AvgIpc) is 2.40. The van der Waals surface area contributed by atoms with Crippen molar-refractivity contribution in [1.82, 2.24) is 0 Å². The van der Waals surface area contributed by atoms with Crippen molar-refractivity contribution in [2.24, 2.45) is 5.92 Å². The smallest absolute Gasteiger partial charge is 0.0748 e. The molecule has 1 aromatic carbocycles. The lowest BCUT2D eigenvalue weighted by molar-refractivity contribution is -0.371. The van der Waals surface area contributed by atoms with Crippen LogP contribution in [0.3, 0.4) is 0 Å². The standard InChI is InChI=1S/C17H27NO/c1-13(2)16-12-17(8-10-18,9-11-19-16)15-6-4-14(3)5-7-15/h4-7,13,16H,8-12,18H2,1-3H3/p+1/t16-,17-/m0/s1. The van der Waals surface area contributed by atoms with Crippen molar-refractivity contribution >= 4 is 0 Å². The normalized spacial score (nSPS) is 27.7. The summed E-state index contributed by atoms with van der Waals surface area (Å²) in [6.07, 6.45) is 3.84. The van der Waals surface area contributed by atoms with E-state index >= 15 is 0 Å². The van der Waals surface area contributed by atoms with Gasteiger partial charge in [-0.3, -0.25) is 0 Å². The summed E-state index contributed by atoms with van der Waals surface area (Å²) in [5.74, 6) is 0.593. The zero-order valence-corrected chi connectivity index (χ0v) is 12.6. The lowest BCUT2D eigenvalue weighted by atomic mass is 9.68. The number of ether oxygens (including phenoxy) is 1. The van der Waals surface area contributed by atoms with E-state index in [4.69, 9.17) is 4.74 Å². The van der Waals surface area contributed by atoms with Gasteiger partial charge in [-0.05, 0) is 31.2 Å². The molecule has 3 N–H and O–H groups in total. The van der Waals surface area contributed by atoms with Crippen molar-refractivity contribution in [3.05, 3.63) is 35.4 Å². The van der Waals surface area contributed by atoms with Crippen molar-refractivity contribution in [2.45, 2.75) is 51.6 Å². The van der Waals surface area contributed by atoms with E-state index in [9.17, 15) is 0 Å². The van der Waals surface area contributed by atoms with Gasteiger partial charge in [0.2, 0.25) is 0 Å². The Kier molecular flexibility index (Phi) is 4.64. The van der Waals surface area contributed by atoms with Gasteiger partial charge < -0.3 is 10.5 Å². The molecular weight excluding hydrogens is 234 g/mol. The number of benzene rings is 1. The maximum Gasteiger partial charge on any atom is 0.0748 e. The maximum atomic E-state index is 5.97. The molecule has 0 amide bonds. The van der Waals surface area contributed by atoms with E-state index in [-0.39, 0.29) is 5.41 Å². The Morgan fingerprint density at radius 3 is 2.58 bits per heavy atom. The van der Waals surface area contributed by atoms with Gasteiger partial charge in [0.1, 0.15) is 0 Å². The molecule has 1 aliphatic rings. The van der Waals surface area contributed by atoms with Crippen LogP contribution in [0, 0.1) is 12.8 Å². The van der Waals surface area contributed by atoms with Crippen LogP contribution in [0.5, 0.6) is 0 Å². The van der Waals surface area contributed by atoms with Gasteiger partial charge >= 0.3 is 0 Å². The Bertz CT molecular complexity index is 394. The molecule has 0 radical (unpaired) electrons. The minimum absolute atomic E-state index is 0.280. The molecule has 2 atom stereocenters. The predicted molar refractivity (Wildman–Crippen MR) is 79.0 cm³/mol. The first kappa shape index (κ1) is 14.5. The van der Waals surface area contributed by atoms with Crippen LogP contribution >= 0.6 is 0 Å². The average molecular weight is 262 g/mol. The van der Waals surface area contributed by atoms with Crippen molar-refractivity contribution in [3.8, 4) is 0 Å². The first-order chi connectivity index (χ1) is 9.07. The molecule has 0 aliphatic carbocycles. The first-order valence-corrected chi connectivity index (χ1v) is 7.55. The summed E-state index contributed by atoms with van der Waals surface area (Å²) in [5, 5.41) is 0. The fourth-order valence-corrected chi connectivity index (χ4v) is 3.26. The Balaban J connectivity index is 2.28. The van der Waals surface area contributed by atoms with Crippen LogP contribution in [0.4, 0.5) is 0 Å². The third-order valence-electron chi connectivity index (χ3n) is 4.57. The second-order valence-electron chi connectivity index (χ2n) is 6.36. The fourth-order valence-electron chi connectivity index (χ4n) is 3.26. The van der Waals surface area contributed by atoms with Crippen molar-refractivity contribution in [1.29, 1.82) is 0 Å². The van der Waals surface area contributed by atoms with Crippen LogP contribution in [-0.2, 0) is 10.2 Å². The molecule has 1 heterocycles. The SMILES string of the molecule is Cc1ccc([C@@]2(CC[NH3+])CCO[C@H](C(C)C)C2)cc1. The van der Waals surface area contributed by atoms with Crippen LogP contribution in [0.2, 0.25) is 0 Å². The molecular formula is C17H28NO+. The van der Waals surface area contributed by atoms with Crippen molar-refractivity contribution in [3.63, 3.8) is 0 Å². The highest BCUT2D eigenvalue weighted by molar-refractivity contribution is 5.29. The maximum absolute atomic E-state index is 5.97. The highest BCUT2D eigenvalue weighted by Gasteiger charge is 2.39. The zero-order valence-electron chi connectivity index (χ0n) is 12.6. The molecule has 0 bridgehead atoms. The third kappa shape index (κ3) is 3.18. The number of aryl methyl sites for hydroxylation is 1. The van der Waals surface area contributed by atoms with E-state index in [0.717, 1.165) is 26.0 Å². The number of quaternary nitrogens is 1. The van der Waals surface area contributed by atoms with Gasteiger partial charge in [-0.15, -0.1) is 0 Å². The molecule has 19 heavy (non-hydrogen) atoms. The van der Waals surface area contributed by atoms with Gasteiger partial charge in [0.25, 0.3) is 0 Å². The van der Waals surface area contributed by atoms with E-state index < -0.39 is 0 Å². The van der Waals surface area contributed by atoms with Crippen molar-refractivity contribution in [2.75, 3.05) is 13.2 Å². The van der Waals surface area contributed by atoms with Crippen molar-refractivity contribution < 1.29 is 10.5 Å². The molecule has 1 aromatic rings. The van der Waals surface area contributed by atoms with E-state index in [2.05, 4.69) is 50.8 Å². The van der Waals surface area contributed by atoms with Crippen LogP contribution in [-0.4, -0.2) is 19.3 Å². The largest absolute Gasteiger partial charge is 0.378 e. The molecule has 2 heteroatoms. The van der Waals surface area contributed by atoms with Gasteiger partial charge in [-0.2, -0.15) is 0 Å². The molecule has 1 aliphatic heterocycles. The molecule has 0 unspecified atom stereocenters.